The molecule has 0 radical (unpaired) electrons. The minimum atomic E-state index is -0.366. The van der Waals surface area contributed by atoms with E-state index < -0.39 is 0 Å². The fraction of sp³-hybridized carbons (Fsp3) is 0.278. The molecule has 1 saturated carbocycles. The van der Waals surface area contributed by atoms with E-state index in [1.54, 1.807) is 12.1 Å². The van der Waals surface area contributed by atoms with E-state index in [9.17, 15) is 15.0 Å². The molecule has 4 heteroatoms. The Hall–Kier alpha value is -2.33. The molecule has 22 heavy (non-hydrogen) atoms. The van der Waals surface area contributed by atoms with Crippen LogP contribution in [-0.4, -0.2) is 22.7 Å². The first-order valence-corrected chi connectivity index (χ1v) is 7.44. The SMILES string of the molecule is O=C(NC(CO)c1ccccc1)C1CC1c1ccc(O)cc1. The van der Waals surface area contributed by atoms with Crippen LogP contribution in [0.5, 0.6) is 5.75 Å². The molecule has 0 saturated heterocycles. The van der Waals surface area contributed by atoms with Crippen LogP contribution in [0.4, 0.5) is 0 Å². The fourth-order valence-electron chi connectivity index (χ4n) is 2.77. The summed E-state index contributed by atoms with van der Waals surface area (Å²) in [5, 5.41) is 21.7. The Morgan fingerprint density at radius 1 is 1.14 bits per heavy atom. The zero-order valence-electron chi connectivity index (χ0n) is 12.1. The minimum absolute atomic E-state index is 0.0269. The highest BCUT2D eigenvalue weighted by atomic mass is 16.3. The van der Waals surface area contributed by atoms with Gasteiger partial charge in [-0.1, -0.05) is 42.5 Å². The summed E-state index contributed by atoms with van der Waals surface area (Å²) >= 11 is 0. The molecule has 1 fully saturated rings. The number of benzene rings is 2. The van der Waals surface area contributed by atoms with Crippen molar-refractivity contribution in [2.24, 2.45) is 5.92 Å². The Bertz CT molecular complexity index is 639. The van der Waals surface area contributed by atoms with Crippen LogP contribution in [0, 0.1) is 5.92 Å². The third kappa shape index (κ3) is 3.12. The van der Waals surface area contributed by atoms with Crippen LogP contribution in [0.25, 0.3) is 0 Å². The Labute approximate surface area is 129 Å². The first kappa shape index (κ1) is 14.6. The van der Waals surface area contributed by atoms with Crippen LogP contribution in [-0.2, 0) is 4.79 Å². The van der Waals surface area contributed by atoms with Gasteiger partial charge >= 0.3 is 0 Å². The zero-order valence-corrected chi connectivity index (χ0v) is 12.1. The molecule has 3 unspecified atom stereocenters. The highest BCUT2D eigenvalue weighted by Gasteiger charge is 2.44. The second-order valence-electron chi connectivity index (χ2n) is 5.69. The largest absolute Gasteiger partial charge is 0.508 e. The Kier molecular flexibility index (Phi) is 4.11. The smallest absolute Gasteiger partial charge is 0.224 e. The second-order valence-corrected chi connectivity index (χ2v) is 5.69. The third-order valence-corrected chi connectivity index (χ3v) is 4.15. The highest BCUT2D eigenvalue weighted by molar-refractivity contribution is 5.83. The van der Waals surface area contributed by atoms with E-state index in [1.165, 1.54) is 0 Å². The quantitative estimate of drug-likeness (QED) is 0.793. The maximum atomic E-state index is 12.3. The number of carbonyl (C=O) groups is 1. The fourth-order valence-corrected chi connectivity index (χ4v) is 2.77. The summed E-state index contributed by atoms with van der Waals surface area (Å²) in [4.78, 5) is 12.3. The molecule has 2 aromatic carbocycles. The van der Waals surface area contributed by atoms with Gasteiger partial charge in [-0.15, -0.1) is 0 Å². The summed E-state index contributed by atoms with van der Waals surface area (Å²) in [6.07, 6.45) is 0.809. The number of nitrogens with one attached hydrogen (secondary N) is 1. The van der Waals surface area contributed by atoms with Gasteiger partial charge in [0.25, 0.3) is 0 Å². The number of carbonyl (C=O) groups excluding carboxylic acids is 1. The van der Waals surface area contributed by atoms with E-state index in [0.29, 0.717) is 0 Å². The van der Waals surface area contributed by atoms with Crippen LogP contribution < -0.4 is 5.32 Å². The van der Waals surface area contributed by atoms with Crippen molar-refractivity contribution in [1.29, 1.82) is 0 Å². The van der Waals surface area contributed by atoms with Crippen molar-refractivity contribution >= 4 is 5.91 Å². The second kappa shape index (κ2) is 6.20. The standard InChI is InChI=1S/C18H19NO3/c20-11-17(13-4-2-1-3-5-13)19-18(22)16-10-15(16)12-6-8-14(21)9-7-12/h1-9,15-17,20-21H,10-11H2,(H,19,22). The van der Waals surface area contributed by atoms with E-state index >= 15 is 0 Å². The van der Waals surface area contributed by atoms with E-state index in [0.717, 1.165) is 17.5 Å². The highest BCUT2D eigenvalue weighted by Crippen LogP contribution is 2.48. The predicted octanol–water partition coefficient (Wildman–Crippen LogP) is 2.35. The topological polar surface area (TPSA) is 69.6 Å². The van der Waals surface area contributed by atoms with Gasteiger partial charge in [0, 0.05) is 5.92 Å². The van der Waals surface area contributed by atoms with Gasteiger partial charge in [0.1, 0.15) is 5.75 Å². The van der Waals surface area contributed by atoms with Crippen molar-refractivity contribution in [2.75, 3.05) is 6.61 Å². The number of aliphatic hydroxyl groups excluding tert-OH is 1. The Morgan fingerprint density at radius 3 is 2.45 bits per heavy atom. The number of aromatic hydroxyl groups is 1. The molecule has 3 N–H and O–H groups in total. The summed E-state index contributed by atoms with van der Waals surface area (Å²) in [6.45, 7) is -0.119. The van der Waals surface area contributed by atoms with Crippen LogP contribution in [0.1, 0.15) is 29.5 Å². The van der Waals surface area contributed by atoms with Crippen molar-refractivity contribution in [1.82, 2.24) is 5.32 Å². The summed E-state index contributed by atoms with van der Waals surface area (Å²) < 4.78 is 0. The van der Waals surface area contributed by atoms with Crippen LogP contribution in [0.15, 0.2) is 54.6 Å². The lowest BCUT2D eigenvalue weighted by Crippen LogP contribution is -2.32. The number of phenols is 1. The van der Waals surface area contributed by atoms with Crippen LogP contribution in [0.3, 0.4) is 0 Å². The zero-order chi connectivity index (χ0) is 15.5. The molecule has 1 aliphatic carbocycles. The molecule has 4 nitrogen and oxygen atoms in total. The molecule has 114 valence electrons. The van der Waals surface area contributed by atoms with Gasteiger partial charge in [0.15, 0.2) is 0 Å². The number of phenolic OH excluding ortho intramolecular Hbond substituents is 1. The van der Waals surface area contributed by atoms with Crippen molar-refractivity contribution < 1.29 is 15.0 Å². The molecule has 0 aromatic heterocycles. The van der Waals surface area contributed by atoms with E-state index in [2.05, 4.69) is 5.32 Å². The van der Waals surface area contributed by atoms with E-state index in [1.807, 2.05) is 42.5 Å². The molecule has 0 bridgehead atoms. The summed E-state index contributed by atoms with van der Waals surface area (Å²) in [7, 11) is 0. The molecule has 3 atom stereocenters. The molecule has 0 spiro atoms. The molecular formula is C18H19NO3. The lowest BCUT2D eigenvalue weighted by Gasteiger charge is -2.16. The van der Waals surface area contributed by atoms with Gasteiger partial charge in [-0.05, 0) is 35.6 Å². The molecule has 1 amide bonds. The molecule has 2 aromatic rings. The van der Waals surface area contributed by atoms with Gasteiger partial charge in [-0.3, -0.25) is 4.79 Å². The lowest BCUT2D eigenvalue weighted by atomic mass is 10.1. The van der Waals surface area contributed by atoms with Crippen molar-refractivity contribution in [3.05, 3.63) is 65.7 Å². The van der Waals surface area contributed by atoms with Gasteiger partial charge in [0.05, 0.1) is 12.6 Å². The maximum Gasteiger partial charge on any atom is 0.224 e. The minimum Gasteiger partial charge on any atom is -0.508 e. The molecule has 1 aliphatic rings. The lowest BCUT2D eigenvalue weighted by molar-refractivity contribution is -0.123. The molecular weight excluding hydrogens is 278 g/mol. The number of hydrogen-bond donors (Lipinski definition) is 3. The van der Waals surface area contributed by atoms with Crippen LogP contribution >= 0.6 is 0 Å². The summed E-state index contributed by atoms with van der Waals surface area (Å²) in [5.74, 6) is 0.355. The van der Waals surface area contributed by atoms with Gasteiger partial charge < -0.3 is 15.5 Å². The summed E-state index contributed by atoms with van der Waals surface area (Å²) in [5.41, 5.74) is 1.97. The van der Waals surface area contributed by atoms with Crippen LogP contribution in [0.2, 0.25) is 0 Å². The monoisotopic (exact) mass is 297 g/mol. The van der Waals surface area contributed by atoms with Gasteiger partial charge in [0.2, 0.25) is 5.91 Å². The maximum absolute atomic E-state index is 12.3. The Morgan fingerprint density at radius 2 is 1.82 bits per heavy atom. The third-order valence-electron chi connectivity index (χ3n) is 4.15. The first-order chi connectivity index (χ1) is 10.7. The normalized spacial score (nSPS) is 21.1. The van der Waals surface area contributed by atoms with Crippen molar-refractivity contribution in [2.45, 2.75) is 18.4 Å². The number of amides is 1. The summed E-state index contributed by atoms with van der Waals surface area (Å²) in [6, 6.07) is 16.1. The molecule has 3 rings (SSSR count). The predicted molar refractivity (Wildman–Crippen MR) is 83.4 cm³/mol. The van der Waals surface area contributed by atoms with Crippen molar-refractivity contribution in [3.8, 4) is 5.75 Å². The number of rotatable bonds is 5. The molecule has 0 heterocycles. The Balaban J connectivity index is 1.62. The first-order valence-electron chi connectivity index (χ1n) is 7.44. The molecule has 0 aliphatic heterocycles. The average molecular weight is 297 g/mol. The van der Waals surface area contributed by atoms with Crippen molar-refractivity contribution in [3.63, 3.8) is 0 Å². The number of hydrogen-bond acceptors (Lipinski definition) is 3. The van der Waals surface area contributed by atoms with E-state index in [4.69, 9.17) is 0 Å². The van der Waals surface area contributed by atoms with Gasteiger partial charge in [-0.25, -0.2) is 0 Å². The van der Waals surface area contributed by atoms with Gasteiger partial charge in [-0.2, -0.15) is 0 Å². The number of aliphatic hydroxyl groups is 1. The average Bonchev–Trinajstić information content (AvgIpc) is 3.34. The van der Waals surface area contributed by atoms with E-state index in [-0.39, 0.29) is 36.1 Å².